The van der Waals surface area contributed by atoms with Crippen molar-refractivity contribution in [3.63, 3.8) is 0 Å². The van der Waals surface area contributed by atoms with Crippen LogP contribution in [0.5, 0.6) is 0 Å². The average Bonchev–Trinajstić information content (AvgIpc) is 2.49. The lowest BCUT2D eigenvalue weighted by Crippen LogP contribution is -2.28. The average molecular weight is 364 g/mol. The summed E-state index contributed by atoms with van der Waals surface area (Å²) in [7, 11) is 1.37. The minimum absolute atomic E-state index is 0.0419. The Balaban J connectivity index is 2.01. The predicted molar refractivity (Wildman–Crippen MR) is 85.1 cm³/mol. The SMILES string of the molecule is COC(=O)C1=C[C@@H]2C(c3c(Br)cccc3[N+](=O)[O-])=C[C@@H]2CC1. The number of methoxy groups -OCH3 is 1. The van der Waals surface area contributed by atoms with Crippen LogP contribution in [0.3, 0.4) is 0 Å². The number of carbonyl (C=O) groups is 1. The molecule has 22 heavy (non-hydrogen) atoms. The molecule has 2 atom stereocenters. The maximum absolute atomic E-state index is 11.7. The van der Waals surface area contributed by atoms with Crippen molar-refractivity contribution in [3.8, 4) is 0 Å². The summed E-state index contributed by atoms with van der Waals surface area (Å²) in [5.41, 5.74) is 2.25. The van der Waals surface area contributed by atoms with Crippen LogP contribution in [0.4, 0.5) is 5.69 Å². The van der Waals surface area contributed by atoms with Gasteiger partial charge in [-0.15, -0.1) is 0 Å². The fraction of sp³-hybridized carbons (Fsp3) is 0.312. The third kappa shape index (κ3) is 2.37. The van der Waals surface area contributed by atoms with Gasteiger partial charge in [0.15, 0.2) is 0 Å². The lowest BCUT2D eigenvalue weighted by molar-refractivity contribution is -0.385. The molecule has 0 aliphatic heterocycles. The first-order valence-corrected chi connectivity index (χ1v) is 7.76. The monoisotopic (exact) mass is 363 g/mol. The summed E-state index contributed by atoms with van der Waals surface area (Å²) in [4.78, 5) is 22.6. The first-order valence-electron chi connectivity index (χ1n) is 6.97. The number of halogens is 1. The van der Waals surface area contributed by atoms with Crippen molar-refractivity contribution in [1.82, 2.24) is 0 Å². The molecule has 0 aromatic heterocycles. The van der Waals surface area contributed by atoms with Crippen LogP contribution in [-0.4, -0.2) is 18.0 Å². The number of benzene rings is 1. The van der Waals surface area contributed by atoms with Crippen LogP contribution in [0, 0.1) is 22.0 Å². The number of carbonyl (C=O) groups excluding carboxylic acids is 1. The van der Waals surface area contributed by atoms with Crippen molar-refractivity contribution in [2.75, 3.05) is 7.11 Å². The first-order chi connectivity index (χ1) is 10.5. The number of hydrogen-bond acceptors (Lipinski definition) is 4. The summed E-state index contributed by atoms with van der Waals surface area (Å²) in [5.74, 6) is 0.0710. The second-order valence-corrected chi connectivity index (χ2v) is 6.28. The Morgan fingerprint density at radius 1 is 1.41 bits per heavy atom. The lowest BCUT2D eigenvalue weighted by Gasteiger charge is -2.38. The van der Waals surface area contributed by atoms with Gasteiger partial charge in [0.05, 0.1) is 17.6 Å². The third-order valence-electron chi connectivity index (χ3n) is 4.27. The van der Waals surface area contributed by atoms with Gasteiger partial charge in [-0.3, -0.25) is 10.1 Å². The van der Waals surface area contributed by atoms with Gasteiger partial charge in [-0.1, -0.05) is 18.2 Å². The number of fused-ring (bicyclic) bond motifs is 1. The zero-order chi connectivity index (χ0) is 15.9. The number of nitro groups is 1. The lowest BCUT2D eigenvalue weighted by atomic mass is 9.66. The van der Waals surface area contributed by atoms with E-state index in [9.17, 15) is 14.9 Å². The summed E-state index contributed by atoms with van der Waals surface area (Å²) in [6.07, 6.45) is 5.53. The molecule has 0 saturated heterocycles. The number of allylic oxidation sites excluding steroid dienone is 3. The molecule has 0 amide bonds. The van der Waals surface area contributed by atoms with Crippen molar-refractivity contribution in [2.45, 2.75) is 12.8 Å². The zero-order valence-electron chi connectivity index (χ0n) is 11.9. The number of esters is 1. The van der Waals surface area contributed by atoms with Crippen molar-refractivity contribution in [2.24, 2.45) is 11.8 Å². The van der Waals surface area contributed by atoms with E-state index >= 15 is 0 Å². The van der Waals surface area contributed by atoms with Crippen LogP contribution in [0.1, 0.15) is 18.4 Å². The molecular weight excluding hydrogens is 350 g/mol. The smallest absolute Gasteiger partial charge is 0.333 e. The second-order valence-electron chi connectivity index (χ2n) is 5.42. The number of nitro benzene ring substituents is 1. The number of rotatable bonds is 3. The van der Waals surface area contributed by atoms with Gasteiger partial charge in [-0.25, -0.2) is 4.79 Å². The molecule has 114 valence electrons. The van der Waals surface area contributed by atoms with Crippen molar-refractivity contribution < 1.29 is 14.5 Å². The number of ether oxygens (including phenoxy) is 1. The quantitative estimate of drug-likeness (QED) is 0.464. The molecule has 0 heterocycles. The van der Waals surface area contributed by atoms with E-state index < -0.39 is 0 Å². The highest BCUT2D eigenvalue weighted by atomic mass is 79.9. The van der Waals surface area contributed by atoms with Crippen LogP contribution in [0.15, 0.2) is 40.4 Å². The Bertz CT molecular complexity index is 723. The van der Waals surface area contributed by atoms with Crippen LogP contribution < -0.4 is 0 Å². The third-order valence-corrected chi connectivity index (χ3v) is 4.93. The molecule has 0 N–H and O–H groups in total. The topological polar surface area (TPSA) is 69.4 Å². The van der Waals surface area contributed by atoms with Crippen LogP contribution in [0.2, 0.25) is 0 Å². The molecule has 0 saturated carbocycles. The van der Waals surface area contributed by atoms with Crippen LogP contribution in [-0.2, 0) is 9.53 Å². The van der Waals surface area contributed by atoms with Gasteiger partial charge in [0.1, 0.15) is 0 Å². The molecule has 6 heteroatoms. The fourth-order valence-electron chi connectivity index (χ4n) is 3.16. The van der Waals surface area contributed by atoms with Crippen molar-refractivity contribution in [3.05, 3.63) is 56.1 Å². The minimum atomic E-state index is -0.373. The van der Waals surface area contributed by atoms with Gasteiger partial charge in [0.25, 0.3) is 5.69 Å². The van der Waals surface area contributed by atoms with Crippen molar-refractivity contribution in [1.29, 1.82) is 0 Å². The summed E-state index contributed by atoms with van der Waals surface area (Å²) < 4.78 is 5.48. The molecule has 0 bridgehead atoms. The Labute approximate surface area is 135 Å². The Morgan fingerprint density at radius 2 is 2.18 bits per heavy atom. The van der Waals surface area contributed by atoms with E-state index in [1.165, 1.54) is 13.2 Å². The normalized spacial score (nSPS) is 22.8. The minimum Gasteiger partial charge on any atom is -0.466 e. The molecule has 1 aromatic carbocycles. The van der Waals surface area contributed by atoms with Gasteiger partial charge in [-0.2, -0.15) is 0 Å². The molecule has 3 rings (SSSR count). The summed E-state index contributed by atoms with van der Waals surface area (Å²) in [5, 5.41) is 11.3. The number of nitrogens with zero attached hydrogens (tertiary/aromatic N) is 1. The Morgan fingerprint density at radius 3 is 2.86 bits per heavy atom. The van der Waals surface area contributed by atoms with Gasteiger partial charge >= 0.3 is 5.97 Å². The van der Waals surface area contributed by atoms with E-state index in [2.05, 4.69) is 22.0 Å². The maximum atomic E-state index is 11.7. The Kier molecular flexibility index (Phi) is 3.87. The van der Waals surface area contributed by atoms with Crippen LogP contribution >= 0.6 is 15.9 Å². The molecular formula is C16H14BrNO4. The molecule has 2 aliphatic carbocycles. The largest absolute Gasteiger partial charge is 0.466 e. The summed E-state index contributed by atoms with van der Waals surface area (Å²) in [6, 6.07) is 4.95. The molecule has 0 radical (unpaired) electrons. The summed E-state index contributed by atoms with van der Waals surface area (Å²) in [6.45, 7) is 0. The highest BCUT2D eigenvalue weighted by Crippen LogP contribution is 2.51. The molecule has 2 aliphatic rings. The van der Waals surface area contributed by atoms with Gasteiger partial charge in [-0.05, 0) is 46.3 Å². The van der Waals surface area contributed by atoms with Gasteiger partial charge in [0, 0.05) is 22.0 Å². The molecule has 1 aromatic rings. The molecule has 0 spiro atoms. The second kappa shape index (κ2) is 5.68. The van der Waals surface area contributed by atoms with Crippen molar-refractivity contribution >= 4 is 33.2 Å². The van der Waals surface area contributed by atoms with Gasteiger partial charge < -0.3 is 4.74 Å². The van der Waals surface area contributed by atoms with Crippen LogP contribution in [0.25, 0.3) is 5.57 Å². The van der Waals surface area contributed by atoms with E-state index in [1.807, 2.05) is 6.08 Å². The van der Waals surface area contributed by atoms with E-state index in [0.29, 0.717) is 27.9 Å². The summed E-state index contributed by atoms with van der Waals surface area (Å²) >= 11 is 3.41. The first kappa shape index (κ1) is 15.0. The maximum Gasteiger partial charge on any atom is 0.333 e. The highest BCUT2D eigenvalue weighted by molar-refractivity contribution is 9.10. The van der Waals surface area contributed by atoms with Gasteiger partial charge in [0.2, 0.25) is 0 Å². The molecule has 0 unspecified atom stereocenters. The van der Waals surface area contributed by atoms with E-state index in [1.54, 1.807) is 12.1 Å². The number of hydrogen-bond donors (Lipinski definition) is 0. The predicted octanol–water partition coefficient (Wildman–Crippen LogP) is 3.88. The Hall–Kier alpha value is -1.95. The zero-order valence-corrected chi connectivity index (χ0v) is 13.5. The van der Waals surface area contributed by atoms with E-state index in [-0.39, 0.29) is 22.5 Å². The highest BCUT2D eigenvalue weighted by Gasteiger charge is 2.39. The van der Waals surface area contributed by atoms with E-state index in [4.69, 9.17) is 4.74 Å². The molecule has 0 fully saturated rings. The molecule has 5 nitrogen and oxygen atoms in total. The standard InChI is InChI=1S/C16H14BrNO4/c1-22-16(19)10-6-5-9-7-12(11(9)8-10)15-13(17)3-2-4-14(15)18(20)21/h2-4,7-9,11H,5-6H2,1H3/t9-,11-/m0/s1. The van der Waals surface area contributed by atoms with E-state index in [0.717, 1.165) is 12.0 Å². The fourth-order valence-corrected chi connectivity index (χ4v) is 3.74.